The Morgan fingerprint density at radius 1 is 1.23 bits per heavy atom. The molecule has 4 nitrogen and oxygen atoms in total. The summed E-state index contributed by atoms with van der Waals surface area (Å²) in [5.74, 6) is 0. The predicted octanol–water partition coefficient (Wildman–Crippen LogP) is 3.81. The standard InChI is InChI=1S/C17H14ClN3O/c18-11-5-6-15-13(7-11)14(8-20-15)16-12-4-2-1-3-10(12)9-21(16)17(19)22/h1-8,16,20H,9H2,(H2,19,22). The Labute approximate surface area is 132 Å². The maximum absolute atomic E-state index is 11.9. The maximum Gasteiger partial charge on any atom is 0.315 e. The first-order chi connectivity index (χ1) is 10.6. The molecule has 0 bridgehead atoms. The van der Waals surface area contributed by atoms with Crippen molar-refractivity contribution in [2.75, 3.05) is 0 Å². The SMILES string of the molecule is NC(=O)N1Cc2ccccc2C1c1c[nH]c2ccc(Cl)cc12. The van der Waals surface area contributed by atoms with E-state index < -0.39 is 6.03 Å². The van der Waals surface area contributed by atoms with Crippen molar-refractivity contribution in [3.05, 3.63) is 70.4 Å². The largest absolute Gasteiger partial charge is 0.361 e. The second-order valence-corrected chi connectivity index (χ2v) is 5.94. The minimum Gasteiger partial charge on any atom is -0.361 e. The Kier molecular flexibility index (Phi) is 2.87. The summed E-state index contributed by atoms with van der Waals surface area (Å²) in [4.78, 5) is 16.8. The number of rotatable bonds is 1. The molecule has 1 unspecified atom stereocenters. The normalized spacial score (nSPS) is 17.0. The summed E-state index contributed by atoms with van der Waals surface area (Å²) in [6.45, 7) is 0.531. The summed E-state index contributed by atoms with van der Waals surface area (Å²) >= 11 is 6.13. The summed E-state index contributed by atoms with van der Waals surface area (Å²) < 4.78 is 0. The Hall–Kier alpha value is -2.46. The van der Waals surface area contributed by atoms with Gasteiger partial charge in [0.1, 0.15) is 0 Å². The fraction of sp³-hybridized carbons (Fsp3) is 0.118. The number of aromatic amines is 1. The van der Waals surface area contributed by atoms with E-state index in [1.165, 1.54) is 0 Å². The lowest BCUT2D eigenvalue weighted by molar-refractivity contribution is 0.199. The van der Waals surface area contributed by atoms with Crippen molar-refractivity contribution in [2.45, 2.75) is 12.6 Å². The van der Waals surface area contributed by atoms with Crippen LogP contribution in [-0.2, 0) is 6.54 Å². The van der Waals surface area contributed by atoms with Crippen molar-refractivity contribution in [2.24, 2.45) is 5.73 Å². The van der Waals surface area contributed by atoms with Crippen LogP contribution in [0.2, 0.25) is 5.02 Å². The summed E-state index contributed by atoms with van der Waals surface area (Å²) in [5, 5.41) is 1.69. The molecule has 5 heteroatoms. The van der Waals surface area contributed by atoms with Gasteiger partial charge in [-0.25, -0.2) is 4.79 Å². The monoisotopic (exact) mass is 311 g/mol. The van der Waals surface area contributed by atoms with E-state index in [2.05, 4.69) is 4.98 Å². The number of fused-ring (bicyclic) bond motifs is 2. The summed E-state index contributed by atoms with van der Waals surface area (Å²) in [7, 11) is 0. The van der Waals surface area contributed by atoms with Gasteiger partial charge in [-0.3, -0.25) is 0 Å². The number of hydrogen-bond acceptors (Lipinski definition) is 1. The molecule has 0 spiro atoms. The Bertz CT molecular complexity index is 886. The van der Waals surface area contributed by atoms with Gasteiger partial charge in [0, 0.05) is 34.2 Å². The maximum atomic E-state index is 11.9. The molecule has 1 aromatic heterocycles. The molecule has 0 aliphatic carbocycles. The van der Waals surface area contributed by atoms with Gasteiger partial charge in [0.2, 0.25) is 0 Å². The zero-order chi connectivity index (χ0) is 15.3. The highest BCUT2D eigenvalue weighted by molar-refractivity contribution is 6.31. The Balaban J connectivity index is 1.94. The molecular formula is C17H14ClN3O. The molecule has 4 rings (SSSR count). The van der Waals surface area contributed by atoms with Gasteiger partial charge in [0.05, 0.1) is 6.04 Å². The van der Waals surface area contributed by atoms with E-state index in [-0.39, 0.29) is 6.04 Å². The molecule has 110 valence electrons. The van der Waals surface area contributed by atoms with Crippen molar-refractivity contribution >= 4 is 28.5 Å². The molecule has 2 amide bonds. The highest BCUT2D eigenvalue weighted by Gasteiger charge is 2.34. The van der Waals surface area contributed by atoms with Crippen LogP contribution in [0.5, 0.6) is 0 Å². The molecule has 2 heterocycles. The molecular weight excluding hydrogens is 298 g/mol. The second kappa shape index (κ2) is 4.78. The molecule has 1 aliphatic rings. The van der Waals surface area contributed by atoms with Crippen LogP contribution in [-0.4, -0.2) is 15.9 Å². The van der Waals surface area contributed by atoms with Crippen LogP contribution >= 0.6 is 11.6 Å². The van der Waals surface area contributed by atoms with E-state index >= 15 is 0 Å². The number of carbonyl (C=O) groups is 1. The number of halogens is 1. The van der Waals surface area contributed by atoms with Crippen molar-refractivity contribution in [1.29, 1.82) is 0 Å². The fourth-order valence-corrected chi connectivity index (χ4v) is 3.44. The van der Waals surface area contributed by atoms with E-state index in [4.69, 9.17) is 17.3 Å². The average Bonchev–Trinajstić information content (AvgIpc) is 3.07. The van der Waals surface area contributed by atoms with Crippen LogP contribution in [0.4, 0.5) is 4.79 Å². The van der Waals surface area contributed by atoms with Gasteiger partial charge in [-0.1, -0.05) is 35.9 Å². The van der Waals surface area contributed by atoms with Crippen LogP contribution in [0.3, 0.4) is 0 Å². The van der Waals surface area contributed by atoms with Gasteiger partial charge in [0.15, 0.2) is 0 Å². The molecule has 3 aromatic rings. The van der Waals surface area contributed by atoms with Gasteiger partial charge >= 0.3 is 6.03 Å². The molecule has 1 aliphatic heterocycles. The highest BCUT2D eigenvalue weighted by atomic mass is 35.5. The van der Waals surface area contributed by atoms with Crippen molar-refractivity contribution in [3.8, 4) is 0 Å². The Morgan fingerprint density at radius 2 is 2.05 bits per heavy atom. The number of H-pyrrole nitrogens is 1. The number of benzene rings is 2. The van der Waals surface area contributed by atoms with Crippen molar-refractivity contribution in [1.82, 2.24) is 9.88 Å². The smallest absolute Gasteiger partial charge is 0.315 e. The lowest BCUT2D eigenvalue weighted by Crippen LogP contribution is -2.34. The molecule has 3 N–H and O–H groups in total. The summed E-state index contributed by atoms with van der Waals surface area (Å²) in [6.07, 6.45) is 1.93. The summed E-state index contributed by atoms with van der Waals surface area (Å²) in [6, 6.07) is 13.2. The fourth-order valence-electron chi connectivity index (χ4n) is 3.27. The number of urea groups is 1. The number of nitrogens with one attached hydrogen (secondary N) is 1. The molecule has 0 saturated carbocycles. The quantitative estimate of drug-likeness (QED) is 0.705. The van der Waals surface area contributed by atoms with Gasteiger partial charge in [-0.2, -0.15) is 0 Å². The molecule has 1 atom stereocenters. The van der Waals surface area contributed by atoms with Crippen LogP contribution < -0.4 is 5.73 Å². The first-order valence-corrected chi connectivity index (χ1v) is 7.43. The predicted molar refractivity (Wildman–Crippen MR) is 86.7 cm³/mol. The van der Waals surface area contributed by atoms with E-state index in [1.807, 2.05) is 48.7 Å². The van der Waals surface area contributed by atoms with Crippen molar-refractivity contribution in [3.63, 3.8) is 0 Å². The zero-order valence-corrected chi connectivity index (χ0v) is 12.5. The number of hydrogen-bond donors (Lipinski definition) is 2. The third kappa shape index (κ3) is 1.88. The number of aromatic nitrogens is 1. The van der Waals surface area contributed by atoms with Crippen molar-refractivity contribution < 1.29 is 4.79 Å². The Morgan fingerprint density at radius 3 is 2.86 bits per heavy atom. The van der Waals surface area contributed by atoms with E-state index in [0.29, 0.717) is 11.6 Å². The average molecular weight is 312 g/mol. The zero-order valence-electron chi connectivity index (χ0n) is 11.7. The lowest BCUT2D eigenvalue weighted by atomic mass is 9.97. The van der Waals surface area contributed by atoms with Crippen LogP contribution in [0.1, 0.15) is 22.7 Å². The highest BCUT2D eigenvalue weighted by Crippen LogP contribution is 2.41. The number of carbonyl (C=O) groups excluding carboxylic acids is 1. The van der Waals surface area contributed by atoms with E-state index in [0.717, 1.165) is 27.6 Å². The van der Waals surface area contributed by atoms with Crippen LogP contribution in [0.25, 0.3) is 10.9 Å². The topological polar surface area (TPSA) is 62.1 Å². The minimum absolute atomic E-state index is 0.180. The number of primary amides is 1. The van der Waals surface area contributed by atoms with Gasteiger partial charge < -0.3 is 15.6 Å². The summed E-state index contributed by atoms with van der Waals surface area (Å²) in [5.41, 5.74) is 9.85. The first kappa shape index (κ1) is 13.2. The first-order valence-electron chi connectivity index (χ1n) is 7.05. The van der Waals surface area contributed by atoms with Gasteiger partial charge in [-0.05, 0) is 29.3 Å². The molecule has 22 heavy (non-hydrogen) atoms. The third-order valence-electron chi connectivity index (χ3n) is 4.26. The van der Waals surface area contributed by atoms with E-state index in [1.54, 1.807) is 4.90 Å². The van der Waals surface area contributed by atoms with Gasteiger partial charge in [-0.15, -0.1) is 0 Å². The molecule has 2 aromatic carbocycles. The second-order valence-electron chi connectivity index (χ2n) is 5.50. The lowest BCUT2D eigenvalue weighted by Gasteiger charge is -2.23. The molecule has 0 fully saturated rings. The number of amides is 2. The number of nitrogens with two attached hydrogens (primary N) is 1. The minimum atomic E-state index is -0.419. The number of nitrogens with zero attached hydrogens (tertiary/aromatic N) is 1. The van der Waals surface area contributed by atoms with Crippen LogP contribution in [0, 0.1) is 0 Å². The molecule has 0 saturated heterocycles. The molecule has 0 radical (unpaired) electrons. The van der Waals surface area contributed by atoms with E-state index in [9.17, 15) is 4.79 Å². The third-order valence-corrected chi connectivity index (χ3v) is 4.49. The van der Waals surface area contributed by atoms with Gasteiger partial charge in [0.25, 0.3) is 0 Å². The van der Waals surface area contributed by atoms with Crippen LogP contribution in [0.15, 0.2) is 48.7 Å².